The summed E-state index contributed by atoms with van der Waals surface area (Å²) in [5.74, 6) is 0. The van der Waals surface area contributed by atoms with Gasteiger partial charge in [0, 0.05) is 47.1 Å². The number of urea groups is 1. The van der Waals surface area contributed by atoms with Crippen molar-refractivity contribution in [2.75, 3.05) is 5.32 Å². The van der Waals surface area contributed by atoms with E-state index in [1.165, 1.54) is 6.07 Å². The number of rotatable bonds is 3. The Morgan fingerprint density at radius 3 is 2.76 bits per heavy atom. The Hall–Kier alpha value is -3.46. The third-order valence-electron chi connectivity index (χ3n) is 6.09. The molecule has 5 rings (SSSR count). The Labute approximate surface area is 198 Å². The van der Waals surface area contributed by atoms with Gasteiger partial charge in [-0.05, 0) is 60.7 Å². The predicted molar refractivity (Wildman–Crippen MR) is 125 cm³/mol. The zero-order chi connectivity index (χ0) is 24.0. The van der Waals surface area contributed by atoms with Crippen LogP contribution in [0.4, 0.5) is 23.7 Å². The molecule has 2 amide bonds. The van der Waals surface area contributed by atoms with Gasteiger partial charge in [0.1, 0.15) is 0 Å². The molecule has 10 heteroatoms. The van der Waals surface area contributed by atoms with Gasteiger partial charge in [-0.3, -0.25) is 4.68 Å². The Morgan fingerprint density at radius 1 is 1.21 bits per heavy atom. The zero-order valence-corrected chi connectivity index (χ0v) is 18.9. The summed E-state index contributed by atoms with van der Waals surface area (Å²) in [5.41, 5.74) is 4.43. The third-order valence-corrected chi connectivity index (χ3v) is 6.42. The van der Waals surface area contributed by atoms with Crippen molar-refractivity contribution in [2.45, 2.75) is 31.5 Å². The number of nitrogens with one attached hydrogen (secondary N) is 3. The summed E-state index contributed by atoms with van der Waals surface area (Å²) in [4.78, 5) is 16.0. The summed E-state index contributed by atoms with van der Waals surface area (Å²) in [7, 11) is 1.87. The lowest BCUT2D eigenvalue weighted by molar-refractivity contribution is -0.137. The van der Waals surface area contributed by atoms with Gasteiger partial charge >= 0.3 is 12.2 Å². The third kappa shape index (κ3) is 4.35. The Bertz CT molecular complexity index is 1390. The van der Waals surface area contributed by atoms with Crippen molar-refractivity contribution >= 4 is 34.2 Å². The molecule has 2 heterocycles. The van der Waals surface area contributed by atoms with Crippen LogP contribution in [-0.4, -0.2) is 26.8 Å². The van der Waals surface area contributed by atoms with E-state index in [1.54, 1.807) is 4.68 Å². The molecule has 3 N–H and O–H groups in total. The summed E-state index contributed by atoms with van der Waals surface area (Å²) < 4.78 is 41.0. The number of H-pyrrole nitrogens is 1. The highest BCUT2D eigenvalue weighted by molar-refractivity contribution is 6.31. The van der Waals surface area contributed by atoms with Crippen molar-refractivity contribution in [3.8, 4) is 11.1 Å². The molecule has 0 fully saturated rings. The Balaban J connectivity index is 1.32. The van der Waals surface area contributed by atoms with E-state index in [4.69, 9.17) is 11.6 Å². The number of carbonyl (C=O) groups excluding carboxylic acids is 1. The summed E-state index contributed by atoms with van der Waals surface area (Å²) >= 11 is 5.65. The number of aryl methyl sites for hydroxylation is 2. The number of aromatic amines is 1. The van der Waals surface area contributed by atoms with Gasteiger partial charge in [-0.2, -0.15) is 18.3 Å². The molecule has 2 aromatic heterocycles. The maximum Gasteiger partial charge on any atom is 0.417 e. The fourth-order valence-corrected chi connectivity index (χ4v) is 4.69. The maximum atomic E-state index is 13.1. The first-order chi connectivity index (χ1) is 16.2. The number of halogens is 4. The lowest BCUT2D eigenvalue weighted by Crippen LogP contribution is -2.41. The number of nitrogens with zero attached hydrogens (tertiary/aromatic N) is 2. The Kier molecular flexibility index (Phi) is 5.51. The van der Waals surface area contributed by atoms with Gasteiger partial charge < -0.3 is 15.6 Å². The van der Waals surface area contributed by atoms with E-state index in [0.717, 1.165) is 58.3 Å². The molecule has 176 valence electrons. The van der Waals surface area contributed by atoms with E-state index in [-0.39, 0.29) is 11.7 Å². The monoisotopic (exact) mass is 487 g/mol. The number of benzene rings is 2. The summed E-state index contributed by atoms with van der Waals surface area (Å²) in [6.07, 6.45) is 1.27. The highest BCUT2D eigenvalue weighted by Gasteiger charge is 2.33. The molecular formula is C24H21ClF3N5O. The number of hydrogen-bond donors (Lipinski definition) is 3. The van der Waals surface area contributed by atoms with Crippen LogP contribution in [0.5, 0.6) is 0 Å². The molecule has 1 atom stereocenters. The van der Waals surface area contributed by atoms with Crippen LogP contribution in [-0.2, 0) is 26.1 Å². The van der Waals surface area contributed by atoms with E-state index < -0.39 is 22.8 Å². The highest BCUT2D eigenvalue weighted by atomic mass is 35.5. The summed E-state index contributed by atoms with van der Waals surface area (Å²) in [6, 6.07) is 8.81. The van der Waals surface area contributed by atoms with Crippen molar-refractivity contribution in [3.05, 3.63) is 70.6 Å². The van der Waals surface area contributed by atoms with Crippen LogP contribution >= 0.6 is 11.6 Å². The zero-order valence-electron chi connectivity index (χ0n) is 18.1. The van der Waals surface area contributed by atoms with Gasteiger partial charge in [-0.1, -0.05) is 17.7 Å². The number of carbonyl (C=O) groups is 1. The van der Waals surface area contributed by atoms with Crippen molar-refractivity contribution in [3.63, 3.8) is 0 Å². The van der Waals surface area contributed by atoms with Crippen LogP contribution in [0, 0.1) is 0 Å². The first-order valence-electron chi connectivity index (χ1n) is 10.7. The lowest BCUT2D eigenvalue weighted by Gasteiger charge is -2.24. The minimum absolute atomic E-state index is 0.0268. The van der Waals surface area contributed by atoms with Gasteiger partial charge in [-0.25, -0.2) is 4.79 Å². The smallest absolute Gasteiger partial charge is 0.358 e. The van der Waals surface area contributed by atoms with E-state index in [1.807, 2.05) is 31.6 Å². The minimum Gasteiger partial charge on any atom is -0.358 e. The van der Waals surface area contributed by atoms with Gasteiger partial charge in [-0.15, -0.1) is 0 Å². The molecular weight excluding hydrogens is 467 g/mol. The van der Waals surface area contributed by atoms with Crippen molar-refractivity contribution < 1.29 is 18.0 Å². The van der Waals surface area contributed by atoms with E-state index in [2.05, 4.69) is 26.8 Å². The van der Waals surface area contributed by atoms with Crippen LogP contribution < -0.4 is 10.6 Å². The molecule has 1 unspecified atom stereocenters. The van der Waals surface area contributed by atoms with Gasteiger partial charge in [0.05, 0.1) is 16.8 Å². The second-order valence-corrected chi connectivity index (χ2v) is 8.88. The normalized spacial score (nSPS) is 15.9. The second-order valence-electron chi connectivity index (χ2n) is 8.48. The molecule has 1 aliphatic rings. The molecule has 0 aliphatic heterocycles. The number of aromatic nitrogens is 3. The van der Waals surface area contributed by atoms with Gasteiger partial charge in [0.2, 0.25) is 0 Å². The van der Waals surface area contributed by atoms with Crippen molar-refractivity contribution in [1.29, 1.82) is 0 Å². The quantitative estimate of drug-likeness (QED) is 0.335. The highest BCUT2D eigenvalue weighted by Crippen LogP contribution is 2.36. The molecule has 0 spiro atoms. The molecule has 34 heavy (non-hydrogen) atoms. The van der Waals surface area contributed by atoms with Gasteiger partial charge in [0.15, 0.2) is 0 Å². The summed E-state index contributed by atoms with van der Waals surface area (Å²) in [6.45, 7) is 0. The molecule has 2 aromatic carbocycles. The molecule has 1 aliphatic carbocycles. The largest absolute Gasteiger partial charge is 0.417 e. The second kappa shape index (κ2) is 8.39. The molecule has 6 nitrogen and oxygen atoms in total. The number of anilines is 1. The number of amides is 2. The minimum atomic E-state index is -4.60. The van der Waals surface area contributed by atoms with Gasteiger partial charge in [0.25, 0.3) is 0 Å². The summed E-state index contributed by atoms with van der Waals surface area (Å²) in [5, 5.41) is 10.3. The topological polar surface area (TPSA) is 74.7 Å². The van der Waals surface area contributed by atoms with Crippen molar-refractivity contribution in [2.24, 2.45) is 7.05 Å². The lowest BCUT2D eigenvalue weighted by atomic mass is 9.91. The number of fused-ring (bicyclic) bond motifs is 3. The van der Waals surface area contributed by atoms with Crippen LogP contribution in [0.25, 0.3) is 22.0 Å². The average Bonchev–Trinajstić information content (AvgIpc) is 3.37. The van der Waals surface area contributed by atoms with Crippen molar-refractivity contribution in [1.82, 2.24) is 20.1 Å². The van der Waals surface area contributed by atoms with E-state index >= 15 is 0 Å². The van der Waals surface area contributed by atoms with Crippen LogP contribution in [0.2, 0.25) is 5.02 Å². The van der Waals surface area contributed by atoms with Crippen LogP contribution in [0.3, 0.4) is 0 Å². The predicted octanol–water partition coefficient (Wildman–Crippen LogP) is 5.92. The number of alkyl halides is 3. The molecule has 0 saturated carbocycles. The number of hydrogen-bond acceptors (Lipinski definition) is 2. The first-order valence-corrected chi connectivity index (χ1v) is 11.1. The fraction of sp³-hybridized carbons (Fsp3) is 0.250. The van der Waals surface area contributed by atoms with Crippen LogP contribution in [0.1, 0.15) is 23.2 Å². The molecule has 0 radical (unpaired) electrons. The Morgan fingerprint density at radius 2 is 2.03 bits per heavy atom. The molecule has 0 bridgehead atoms. The average molecular weight is 488 g/mol. The molecule has 0 saturated heterocycles. The maximum absolute atomic E-state index is 13.1. The molecule has 4 aromatic rings. The standard InChI is InChI=1S/C24H21ClF3N5O/c1-33-12-14(11-29-33)13-2-6-21-17(8-13)18-9-15(4-7-22(18)32-21)30-23(34)31-16-3-5-20(25)19(10-16)24(26,27)28/h2-3,5-6,8,10-12,15,32H,4,7,9H2,1H3,(H2,30,31,34). The fourth-order valence-electron chi connectivity index (χ4n) is 4.46. The SMILES string of the molecule is Cn1cc(-c2ccc3[nH]c4c(c3c2)CC(NC(=O)Nc2ccc(Cl)c(C(F)(F)F)c2)CC4)cn1. The van der Waals surface area contributed by atoms with E-state index in [0.29, 0.717) is 6.42 Å². The van der Waals surface area contributed by atoms with Crippen LogP contribution in [0.15, 0.2) is 48.8 Å². The first kappa shape index (κ1) is 22.3. The van der Waals surface area contributed by atoms with E-state index in [9.17, 15) is 18.0 Å².